The maximum absolute atomic E-state index is 10.4. The number of carboxylic acids is 2. The monoisotopic (exact) mass is 256 g/mol. The van der Waals surface area contributed by atoms with Crippen LogP contribution in [0, 0.1) is 10.1 Å². The van der Waals surface area contributed by atoms with Crippen LogP contribution in [0.3, 0.4) is 0 Å². The number of aromatic carboxylic acids is 2. The third-order valence-electron chi connectivity index (χ3n) is 1.50. The van der Waals surface area contributed by atoms with Crippen molar-refractivity contribution in [1.29, 1.82) is 0 Å². The fourth-order valence-corrected chi connectivity index (χ4v) is 0.872. The van der Waals surface area contributed by atoms with Gasteiger partial charge in [0.25, 0.3) is 5.69 Å². The zero-order chi connectivity index (χ0) is 11.6. The molecule has 0 aliphatic rings. The summed E-state index contributed by atoms with van der Waals surface area (Å²) in [6, 6.07) is 0.549. The summed E-state index contributed by atoms with van der Waals surface area (Å²) >= 11 is 0. The van der Waals surface area contributed by atoms with E-state index < -0.39 is 33.8 Å². The van der Waals surface area contributed by atoms with E-state index in [4.69, 9.17) is 0 Å². The van der Waals surface area contributed by atoms with E-state index in [9.17, 15) is 29.9 Å². The summed E-state index contributed by atoms with van der Waals surface area (Å²) in [7, 11) is 0. The summed E-state index contributed by atoms with van der Waals surface area (Å²) in [6.45, 7) is 0. The van der Waals surface area contributed by atoms with Crippen molar-refractivity contribution in [3.63, 3.8) is 0 Å². The molecular formula is C7H2N2Na2O6. The van der Waals surface area contributed by atoms with E-state index in [-0.39, 0.29) is 59.1 Å². The number of carbonyl (C=O) groups excluding carboxylic acids is 2. The Morgan fingerprint density at radius 3 is 2.06 bits per heavy atom. The van der Waals surface area contributed by atoms with E-state index in [2.05, 4.69) is 4.98 Å². The number of pyridine rings is 1. The molecule has 1 rings (SSSR count). The summed E-state index contributed by atoms with van der Waals surface area (Å²) in [6.07, 6.45) is 0.623. The van der Waals surface area contributed by atoms with Crippen molar-refractivity contribution in [2.45, 2.75) is 0 Å². The molecule has 0 radical (unpaired) electrons. The fraction of sp³-hybridized carbons (Fsp3) is 0. The van der Waals surface area contributed by atoms with Crippen LogP contribution in [-0.4, -0.2) is 21.8 Å². The van der Waals surface area contributed by atoms with Gasteiger partial charge >= 0.3 is 59.1 Å². The summed E-state index contributed by atoms with van der Waals surface area (Å²) in [5, 5.41) is 31.1. The molecule has 0 spiro atoms. The van der Waals surface area contributed by atoms with Gasteiger partial charge in [0.15, 0.2) is 0 Å². The Hall–Kier alpha value is -0.510. The standard InChI is InChI=1S/C7H4N2O6.2Na/c10-6(11)4-1-3(9(14)15)2-8-5(4)7(12)13;;/h1-2H,(H,10,11)(H,12,13);;/q;2*+1/p-2. The van der Waals surface area contributed by atoms with Crippen molar-refractivity contribution < 1.29 is 83.8 Å². The Kier molecular flexibility index (Phi) is 8.59. The van der Waals surface area contributed by atoms with Gasteiger partial charge in [-0.05, 0) is 0 Å². The van der Waals surface area contributed by atoms with Crippen LogP contribution >= 0.6 is 0 Å². The second kappa shape index (κ2) is 7.75. The van der Waals surface area contributed by atoms with Gasteiger partial charge in [-0.2, -0.15) is 0 Å². The van der Waals surface area contributed by atoms with Gasteiger partial charge in [0.1, 0.15) is 6.20 Å². The molecule has 0 aromatic carbocycles. The third-order valence-corrected chi connectivity index (χ3v) is 1.50. The second-order valence-corrected chi connectivity index (χ2v) is 2.42. The first-order valence-corrected chi connectivity index (χ1v) is 3.50. The van der Waals surface area contributed by atoms with Crippen LogP contribution in [0.15, 0.2) is 12.3 Å². The Labute approximate surface area is 139 Å². The molecule has 1 aromatic heterocycles. The van der Waals surface area contributed by atoms with Gasteiger partial charge in [0.2, 0.25) is 0 Å². The minimum absolute atomic E-state index is 0. The van der Waals surface area contributed by atoms with Crippen molar-refractivity contribution in [1.82, 2.24) is 4.98 Å². The number of nitro groups is 1. The van der Waals surface area contributed by atoms with Crippen LogP contribution < -0.4 is 69.3 Å². The maximum Gasteiger partial charge on any atom is 1.00 e. The molecule has 0 amide bonds. The molecule has 78 valence electrons. The van der Waals surface area contributed by atoms with Gasteiger partial charge in [-0.1, -0.05) is 0 Å². The number of aromatic nitrogens is 1. The number of hydrogen-bond donors (Lipinski definition) is 0. The van der Waals surface area contributed by atoms with Gasteiger partial charge in [-0.25, -0.2) is 4.98 Å². The number of carboxylic acid groups (broad SMARTS) is 2. The molecule has 0 N–H and O–H groups in total. The van der Waals surface area contributed by atoms with Gasteiger partial charge in [-0.3, -0.25) is 10.1 Å². The topological polar surface area (TPSA) is 136 Å². The Balaban J connectivity index is 0. The Morgan fingerprint density at radius 1 is 1.18 bits per heavy atom. The van der Waals surface area contributed by atoms with Crippen LogP contribution in [0.5, 0.6) is 0 Å². The Morgan fingerprint density at radius 2 is 1.71 bits per heavy atom. The molecule has 8 nitrogen and oxygen atoms in total. The fourth-order valence-electron chi connectivity index (χ4n) is 0.872. The average molecular weight is 256 g/mol. The zero-order valence-corrected chi connectivity index (χ0v) is 13.0. The first-order valence-electron chi connectivity index (χ1n) is 3.50. The first-order chi connectivity index (χ1) is 6.93. The van der Waals surface area contributed by atoms with E-state index in [1.54, 1.807) is 0 Å². The minimum atomic E-state index is -1.87. The molecule has 10 heteroatoms. The minimum Gasteiger partial charge on any atom is -0.545 e. The summed E-state index contributed by atoms with van der Waals surface area (Å²) in [5.74, 6) is -3.71. The second-order valence-electron chi connectivity index (χ2n) is 2.42. The van der Waals surface area contributed by atoms with Crippen LogP contribution in [0.1, 0.15) is 20.8 Å². The van der Waals surface area contributed by atoms with Gasteiger partial charge in [-0.15, -0.1) is 0 Å². The molecule has 0 saturated carbocycles. The van der Waals surface area contributed by atoms with Crippen molar-refractivity contribution in [2.24, 2.45) is 0 Å². The zero-order valence-electron chi connectivity index (χ0n) is 9.00. The van der Waals surface area contributed by atoms with E-state index in [1.165, 1.54) is 0 Å². The molecule has 0 aliphatic carbocycles. The molecular weight excluding hydrogens is 254 g/mol. The normalized spacial score (nSPS) is 8.47. The molecule has 0 bridgehead atoms. The first kappa shape index (κ1) is 18.8. The summed E-state index contributed by atoms with van der Waals surface area (Å²) < 4.78 is 0. The van der Waals surface area contributed by atoms with Gasteiger partial charge in [0, 0.05) is 11.6 Å². The molecule has 1 aromatic rings. The van der Waals surface area contributed by atoms with Gasteiger partial charge < -0.3 is 19.8 Å². The summed E-state index contributed by atoms with van der Waals surface area (Å²) in [4.78, 5) is 33.2. The van der Waals surface area contributed by atoms with E-state index in [0.717, 1.165) is 0 Å². The van der Waals surface area contributed by atoms with Crippen LogP contribution in [0.2, 0.25) is 0 Å². The Bertz CT molecular complexity index is 464. The largest absolute Gasteiger partial charge is 1.00 e. The molecule has 0 atom stereocenters. The van der Waals surface area contributed by atoms with Crippen LogP contribution in [0.25, 0.3) is 0 Å². The average Bonchev–Trinajstić information content (AvgIpc) is 2.16. The predicted octanol–water partition coefficient (Wildman–Crippen LogP) is -8.28. The predicted molar refractivity (Wildman–Crippen MR) is 39.6 cm³/mol. The van der Waals surface area contributed by atoms with Crippen LogP contribution in [-0.2, 0) is 0 Å². The number of hydrogen-bond acceptors (Lipinski definition) is 7. The molecule has 17 heavy (non-hydrogen) atoms. The van der Waals surface area contributed by atoms with Crippen LogP contribution in [0.4, 0.5) is 5.69 Å². The van der Waals surface area contributed by atoms with Crippen molar-refractivity contribution in [2.75, 3.05) is 0 Å². The number of nitrogens with zero attached hydrogens (tertiary/aromatic N) is 2. The van der Waals surface area contributed by atoms with Crippen molar-refractivity contribution >= 4 is 17.6 Å². The smallest absolute Gasteiger partial charge is 0.545 e. The molecule has 1 heterocycles. The summed E-state index contributed by atoms with van der Waals surface area (Å²) in [5.41, 5.74) is -2.43. The molecule has 0 unspecified atom stereocenters. The SMILES string of the molecule is O=C([O-])c1cc([N+](=O)[O-])cnc1C(=O)[O-].[Na+].[Na+]. The van der Waals surface area contributed by atoms with E-state index in [1.807, 2.05) is 0 Å². The molecule has 0 saturated heterocycles. The third kappa shape index (κ3) is 4.70. The van der Waals surface area contributed by atoms with Crippen molar-refractivity contribution in [3.8, 4) is 0 Å². The molecule has 0 fully saturated rings. The number of carbonyl (C=O) groups is 2. The van der Waals surface area contributed by atoms with Crippen molar-refractivity contribution in [3.05, 3.63) is 33.6 Å². The quantitative estimate of drug-likeness (QED) is 0.297. The van der Waals surface area contributed by atoms with E-state index >= 15 is 0 Å². The van der Waals surface area contributed by atoms with E-state index in [0.29, 0.717) is 12.3 Å². The van der Waals surface area contributed by atoms with Gasteiger partial charge in [0.05, 0.1) is 22.6 Å². The number of rotatable bonds is 3. The maximum atomic E-state index is 10.4. The molecule has 0 aliphatic heterocycles.